The zero-order chi connectivity index (χ0) is 35.1. The summed E-state index contributed by atoms with van der Waals surface area (Å²) >= 11 is 0. The molecule has 0 spiro atoms. The Morgan fingerprint density at radius 2 is 1.38 bits per heavy atom. The van der Waals surface area contributed by atoms with E-state index in [1.165, 1.54) is 27.0 Å². The van der Waals surface area contributed by atoms with Gasteiger partial charge in [0, 0.05) is 16.7 Å². The first kappa shape index (κ1) is 36.3. The van der Waals surface area contributed by atoms with Gasteiger partial charge in [-0.1, -0.05) is 67.4 Å². The minimum atomic E-state index is -2.19. The van der Waals surface area contributed by atoms with E-state index in [0.29, 0.717) is 21.9 Å². The second kappa shape index (κ2) is 15.4. The molecule has 1 atom stereocenters. The quantitative estimate of drug-likeness (QED) is 0.149. The maximum atomic E-state index is 14.4. The molecule has 0 bridgehead atoms. The molecule has 11 nitrogen and oxygen atoms in total. The van der Waals surface area contributed by atoms with Gasteiger partial charge in [-0.3, -0.25) is 14.4 Å². The summed E-state index contributed by atoms with van der Waals surface area (Å²) in [4.78, 5) is 68.7. The highest BCUT2D eigenvalue weighted by Gasteiger charge is 2.44. The fourth-order valence-electron chi connectivity index (χ4n) is 4.65. The first-order valence-electron chi connectivity index (χ1n) is 15.1. The maximum absolute atomic E-state index is 14.4. The van der Waals surface area contributed by atoms with Gasteiger partial charge in [0.1, 0.15) is 12.4 Å². The number of hydrazine groups is 1. The molecule has 3 aromatic rings. The third-order valence-corrected chi connectivity index (χ3v) is 6.91. The number of ether oxygens (including phenoxy) is 4. The predicted octanol–water partition coefficient (Wildman–Crippen LogP) is 6.32. The molecule has 11 heteroatoms. The van der Waals surface area contributed by atoms with E-state index in [-0.39, 0.29) is 17.7 Å². The summed E-state index contributed by atoms with van der Waals surface area (Å²) in [6.45, 7) is 13.0. The molecule has 250 valence electrons. The summed E-state index contributed by atoms with van der Waals surface area (Å²) in [5, 5.41) is 1.48. The molecule has 1 unspecified atom stereocenters. The lowest BCUT2D eigenvalue weighted by Gasteiger charge is -2.41. The SMILES string of the molecule is COc1cccc(C(=O)N(C(=O)OC(OC(=O)C(C)C)C(=O)OCc2ccccc2)N(C(=O)c2cc(C)cc(C)c2)C(C)(C)C)c1C. The van der Waals surface area contributed by atoms with E-state index in [0.717, 1.165) is 16.1 Å². The lowest BCUT2D eigenvalue weighted by atomic mass is 10.0. The molecule has 3 rings (SSSR count). The number of rotatable bonds is 9. The van der Waals surface area contributed by atoms with Gasteiger partial charge in [-0.25, -0.2) is 14.6 Å². The van der Waals surface area contributed by atoms with Gasteiger partial charge in [0.2, 0.25) is 0 Å². The van der Waals surface area contributed by atoms with Crippen LogP contribution in [0.25, 0.3) is 0 Å². The minimum absolute atomic E-state index is 0.0196. The maximum Gasteiger partial charge on any atom is 0.440 e. The summed E-state index contributed by atoms with van der Waals surface area (Å²) in [5.41, 5.74) is 1.61. The number of methoxy groups -OCH3 is 1. The van der Waals surface area contributed by atoms with Crippen LogP contribution in [0.3, 0.4) is 0 Å². The van der Waals surface area contributed by atoms with Crippen LogP contribution in [-0.4, -0.2) is 58.8 Å². The van der Waals surface area contributed by atoms with Crippen molar-refractivity contribution in [2.24, 2.45) is 5.92 Å². The summed E-state index contributed by atoms with van der Waals surface area (Å²) in [5.74, 6) is -4.04. The average molecular weight is 647 g/mol. The molecule has 3 amide bonds. The second-order valence-electron chi connectivity index (χ2n) is 12.3. The second-order valence-corrected chi connectivity index (χ2v) is 12.3. The average Bonchev–Trinajstić information content (AvgIpc) is 3.00. The summed E-state index contributed by atoms with van der Waals surface area (Å²) in [6, 6.07) is 18.5. The highest BCUT2D eigenvalue weighted by Crippen LogP contribution is 2.28. The zero-order valence-corrected chi connectivity index (χ0v) is 28.3. The fourth-order valence-corrected chi connectivity index (χ4v) is 4.65. The lowest BCUT2D eigenvalue weighted by Crippen LogP contribution is -2.61. The number of nitrogens with zero attached hydrogens (tertiary/aromatic N) is 2. The Hall–Kier alpha value is -5.19. The van der Waals surface area contributed by atoms with Crippen molar-refractivity contribution in [3.05, 3.63) is 100 Å². The number of aryl methyl sites for hydroxylation is 2. The number of imide groups is 1. The Bertz CT molecular complexity index is 1610. The van der Waals surface area contributed by atoms with E-state index >= 15 is 0 Å². The topological polar surface area (TPSA) is 129 Å². The smallest absolute Gasteiger partial charge is 0.440 e. The first-order valence-corrected chi connectivity index (χ1v) is 15.1. The third-order valence-electron chi connectivity index (χ3n) is 6.91. The van der Waals surface area contributed by atoms with E-state index in [2.05, 4.69) is 0 Å². The van der Waals surface area contributed by atoms with Gasteiger partial charge in [-0.2, -0.15) is 0 Å². The molecule has 0 saturated heterocycles. The Kier molecular flexibility index (Phi) is 11.9. The van der Waals surface area contributed by atoms with Crippen molar-refractivity contribution in [3.63, 3.8) is 0 Å². The van der Waals surface area contributed by atoms with Crippen molar-refractivity contribution >= 4 is 29.8 Å². The number of hydrogen-bond acceptors (Lipinski definition) is 9. The summed E-state index contributed by atoms with van der Waals surface area (Å²) < 4.78 is 21.4. The molecular formula is C36H42N2O9. The highest BCUT2D eigenvalue weighted by molar-refractivity contribution is 6.07. The predicted molar refractivity (Wildman–Crippen MR) is 173 cm³/mol. The molecule has 0 radical (unpaired) electrons. The zero-order valence-electron chi connectivity index (χ0n) is 28.3. The molecule has 47 heavy (non-hydrogen) atoms. The largest absolute Gasteiger partial charge is 0.496 e. The molecule has 3 aromatic carbocycles. The molecular weight excluding hydrogens is 604 g/mol. The molecule has 0 aliphatic rings. The molecule has 0 aromatic heterocycles. The van der Waals surface area contributed by atoms with Gasteiger partial charge in [-0.15, -0.1) is 5.01 Å². The van der Waals surface area contributed by atoms with Crippen molar-refractivity contribution in [2.45, 2.75) is 73.8 Å². The molecule has 0 saturated carbocycles. The van der Waals surface area contributed by atoms with Crippen LogP contribution in [0.1, 0.15) is 77.6 Å². The normalized spacial score (nSPS) is 11.7. The van der Waals surface area contributed by atoms with Crippen molar-refractivity contribution in [3.8, 4) is 5.75 Å². The molecule has 0 aliphatic carbocycles. The number of benzene rings is 3. The van der Waals surface area contributed by atoms with Crippen LogP contribution in [0.5, 0.6) is 5.75 Å². The van der Waals surface area contributed by atoms with E-state index in [1.807, 2.05) is 19.9 Å². The lowest BCUT2D eigenvalue weighted by molar-refractivity contribution is -0.196. The monoisotopic (exact) mass is 646 g/mol. The molecule has 0 aliphatic heterocycles. The minimum Gasteiger partial charge on any atom is -0.496 e. The van der Waals surface area contributed by atoms with E-state index < -0.39 is 47.6 Å². The number of esters is 2. The first-order chi connectivity index (χ1) is 22.0. The van der Waals surface area contributed by atoms with Gasteiger partial charge in [0.05, 0.1) is 18.6 Å². The number of carbonyl (C=O) groups is 5. The highest BCUT2D eigenvalue weighted by atomic mass is 16.7. The summed E-state index contributed by atoms with van der Waals surface area (Å²) in [6.07, 6.45) is -3.65. The molecule has 0 N–H and O–H groups in total. The van der Waals surface area contributed by atoms with Crippen molar-refractivity contribution in [2.75, 3.05) is 7.11 Å². The number of amides is 3. The Morgan fingerprint density at radius 3 is 1.94 bits per heavy atom. The van der Waals surface area contributed by atoms with Crippen molar-refractivity contribution in [1.82, 2.24) is 10.0 Å². The van der Waals surface area contributed by atoms with Gasteiger partial charge < -0.3 is 18.9 Å². The third kappa shape index (κ3) is 9.18. The Morgan fingerprint density at radius 1 is 0.766 bits per heavy atom. The van der Waals surface area contributed by atoms with E-state index in [9.17, 15) is 24.0 Å². The van der Waals surface area contributed by atoms with Gasteiger partial charge in [0.15, 0.2) is 0 Å². The van der Waals surface area contributed by atoms with E-state index in [1.54, 1.807) is 82.3 Å². The number of hydrogen-bond donors (Lipinski definition) is 0. The van der Waals surface area contributed by atoms with Gasteiger partial charge in [0.25, 0.3) is 11.8 Å². The molecule has 0 fully saturated rings. The standard InChI is InChI=1S/C36H42N2O9/c1-22(2)32(41)46-34(33(42)45-21-26-14-11-10-12-15-26)47-35(43)37(31(40)28-16-13-17-29(44-9)25(28)5)38(36(6,7)8)30(39)27-19-23(3)18-24(4)20-27/h10-20,22,34H,21H2,1-9H3. The van der Waals surface area contributed by atoms with Crippen LogP contribution >= 0.6 is 0 Å². The van der Waals surface area contributed by atoms with Crippen LogP contribution in [0.4, 0.5) is 4.79 Å². The van der Waals surface area contributed by atoms with Gasteiger partial charge >= 0.3 is 24.3 Å². The van der Waals surface area contributed by atoms with Crippen molar-refractivity contribution in [1.29, 1.82) is 0 Å². The number of carbonyl (C=O) groups excluding carboxylic acids is 5. The van der Waals surface area contributed by atoms with E-state index in [4.69, 9.17) is 18.9 Å². The van der Waals surface area contributed by atoms with Crippen LogP contribution in [0.2, 0.25) is 0 Å². The van der Waals surface area contributed by atoms with Crippen LogP contribution in [0.15, 0.2) is 66.7 Å². The summed E-state index contributed by atoms with van der Waals surface area (Å²) in [7, 11) is 1.43. The fraction of sp³-hybridized carbons (Fsp3) is 0.361. The van der Waals surface area contributed by atoms with Crippen molar-refractivity contribution < 1.29 is 42.9 Å². The van der Waals surface area contributed by atoms with Crippen LogP contribution < -0.4 is 4.74 Å². The van der Waals surface area contributed by atoms with Crippen LogP contribution in [-0.2, 0) is 30.4 Å². The van der Waals surface area contributed by atoms with Gasteiger partial charge in [-0.05, 0) is 71.4 Å². The van der Waals surface area contributed by atoms with Crippen LogP contribution in [0, 0.1) is 26.7 Å². The Balaban J connectivity index is 2.13. The molecule has 0 heterocycles. The Labute approximate surface area is 275 Å².